The van der Waals surface area contributed by atoms with Gasteiger partial charge in [0.15, 0.2) is 0 Å². The molecule has 1 aromatic heterocycles. The van der Waals surface area contributed by atoms with Crippen LogP contribution in [0.25, 0.3) is 16.5 Å². The van der Waals surface area contributed by atoms with Crippen molar-refractivity contribution in [3.05, 3.63) is 36.3 Å². The molecule has 0 unspecified atom stereocenters. The molecular formula is C21H30N6. The molecule has 0 amide bonds. The van der Waals surface area contributed by atoms with Gasteiger partial charge in [0.2, 0.25) is 0 Å². The van der Waals surface area contributed by atoms with Crippen molar-refractivity contribution < 1.29 is 0 Å². The fraction of sp³-hybridized carbons (Fsp3) is 0.476. The number of allylic oxidation sites excluding steroid dienone is 1. The summed E-state index contributed by atoms with van der Waals surface area (Å²) in [5.74, 6) is 0.892. The molecule has 3 N–H and O–H groups in total. The summed E-state index contributed by atoms with van der Waals surface area (Å²) in [6.45, 7) is 2.87. The average molecular weight is 367 g/mol. The summed E-state index contributed by atoms with van der Waals surface area (Å²) in [4.78, 5) is 11.3. The number of hydrogen-bond acceptors (Lipinski definition) is 6. The lowest BCUT2D eigenvalue weighted by Crippen LogP contribution is -2.36. The maximum Gasteiger partial charge on any atom is 0.137 e. The number of aromatic nitrogens is 2. The first-order valence-electron chi connectivity index (χ1n) is 9.74. The van der Waals surface area contributed by atoms with Crippen LogP contribution < -0.4 is 10.6 Å². The molecule has 0 radical (unpaired) electrons. The first kappa shape index (κ1) is 19.3. The third-order valence-electron chi connectivity index (χ3n) is 5.35. The van der Waals surface area contributed by atoms with E-state index in [4.69, 9.17) is 5.41 Å². The second kappa shape index (κ2) is 8.95. The van der Waals surface area contributed by atoms with Crippen molar-refractivity contribution in [2.24, 2.45) is 0 Å². The van der Waals surface area contributed by atoms with Gasteiger partial charge in [0.25, 0.3) is 0 Å². The van der Waals surface area contributed by atoms with E-state index >= 15 is 0 Å². The second-order valence-corrected chi connectivity index (χ2v) is 7.37. The highest BCUT2D eigenvalue weighted by atomic mass is 15.1. The minimum absolute atomic E-state index is 0.447. The van der Waals surface area contributed by atoms with Crippen LogP contribution >= 0.6 is 0 Å². The van der Waals surface area contributed by atoms with Crippen LogP contribution in [-0.4, -0.2) is 53.8 Å². The molecule has 3 rings (SSSR count). The predicted molar refractivity (Wildman–Crippen MR) is 113 cm³/mol. The van der Waals surface area contributed by atoms with E-state index < -0.39 is 0 Å². The summed E-state index contributed by atoms with van der Waals surface area (Å²) < 4.78 is 0. The molecule has 1 heterocycles. The highest BCUT2D eigenvalue weighted by Crippen LogP contribution is 2.28. The average Bonchev–Trinajstić information content (AvgIpc) is 2.69. The van der Waals surface area contributed by atoms with Crippen LogP contribution in [0.5, 0.6) is 0 Å². The van der Waals surface area contributed by atoms with Crippen LogP contribution in [0.15, 0.2) is 30.7 Å². The zero-order valence-electron chi connectivity index (χ0n) is 16.5. The third-order valence-corrected chi connectivity index (χ3v) is 5.35. The number of fused-ring (bicyclic) bond motifs is 1. The molecule has 1 saturated carbocycles. The Kier molecular flexibility index (Phi) is 6.40. The number of benzene rings is 1. The lowest BCUT2D eigenvalue weighted by molar-refractivity contribution is 0.221. The lowest BCUT2D eigenvalue weighted by atomic mass is 9.90. The van der Waals surface area contributed by atoms with Crippen LogP contribution in [-0.2, 0) is 0 Å². The molecule has 1 aliphatic carbocycles. The van der Waals surface area contributed by atoms with Crippen molar-refractivity contribution in [1.29, 1.82) is 5.41 Å². The zero-order valence-corrected chi connectivity index (χ0v) is 16.5. The Bertz CT molecular complexity index is 805. The standard InChI is InChI=1S/C21H30N6/c1-4-23-13-16(12-22)15-5-10-20-19(11-15)21(25-14-24-20)26-17-6-8-18(9-7-17)27(2)3/h5,10-14,17-18,22-23H,4,6-9H2,1-3H3,(H,24,25,26)/b16-13+,22-12?/t17-,18-. The van der Waals surface area contributed by atoms with E-state index in [1.54, 1.807) is 6.33 Å². The highest BCUT2D eigenvalue weighted by molar-refractivity contribution is 6.09. The van der Waals surface area contributed by atoms with Gasteiger partial charge in [-0.05, 0) is 64.4 Å². The maximum absolute atomic E-state index is 7.71. The Morgan fingerprint density at radius 3 is 2.67 bits per heavy atom. The summed E-state index contributed by atoms with van der Waals surface area (Å²) in [6.07, 6.45) is 9.61. The van der Waals surface area contributed by atoms with Crippen LogP contribution in [0.3, 0.4) is 0 Å². The van der Waals surface area contributed by atoms with Gasteiger partial charge in [0, 0.05) is 42.0 Å². The van der Waals surface area contributed by atoms with Gasteiger partial charge in [-0.25, -0.2) is 9.97 Å². The van der Waals surface area contributed by atoms with E-state index in [-0.39, 0.29) is 0 Å². The summed E-state index contributed by atoms with van der Waals surface area (Å²) in [5, 5.41) is 15.5. The Morgan fingerprint density at radius 2 is 2.00 bits per heavy atom. The molecule has 27 heavy (non-hydrogen) atoms. The van der Waals surface area contributed by atoms with Crippen molar-refractivity contribution in [2.45, 2.75) is 44.7 Å². The minimum atomic E-state index is 0.447. The van der Waals surface area contributed by atoms with E-state index in [0.717, 1.165) is 47.2 Å². The number of anilines is 1. The quantitative estimate of drug-likeness (QED) is 0.654. The zero-order chi connectivity index (χ0) is 19.2. The smallest absolute Gasteiger partial charge is 0.137 e. The molecule has 1 fully saturated rings. The van der Waals surface area contributed by atoms with Gasteiger partial charge < -0.3 is 20.9 Å². The van der Waals surface area contributed by atoms with E-state index in [1.807, 2.05) is 25.3 Å². The van der Waals surface area contributed by atoms with E-state index in [0.29, 0.717) is 12.1 Å². The van der Waals surface area contributed by atoms with Crippen molar-refractivity contribution in [3.63, 3.8) is 0 Å². The summed E-state index contributed by atoms with van der Waals surface area (Å²) in [5.41, 5.74) is 2.76. The Morgan fingerprint density at radius 1 is 1.22 bits per heavy atom. The molecule has 1 aromatic carbocycles. The Balaban J connectivity index is 1.83. The van der Waals surface area contributed by atoms with Gasteiger partial charge in [0.1, 0.15) is 12.1 Å². The SMILES string of the molecule is CCN/C=C(\C=N)c1ccc2ncnc(N[C@H]3CC[C@H](N(C)C)CC3)c2c1. The largest absolute Gasteiger partial charge is 0.391 e. The first-order chi connectivity index (χ1) is 13.1. The second-order valence-electron chi connectivity index (χ2n) is 7.37. The molecule has 144 valence electrons. The van der Waals surface area contributed by atoms with Crippen molar-refractivity contribution in [3.8, 4) is 0 Å². The topological polar surface area (TPSA) is 76.9 Å². The molecule has 6 heteroatoms. The van der Waals surface area contributed by atoms with Crippen molar-refractivity contribution in [2.75, 3.05) is 26.0 Å². The van der Waals surface area contributed by atoms with Crippen molar-refractivity contribution >= 4 is 28.5 Å². The Hall–Kier alpha value is -2.47. The van der Waals surface area contributed by atoms with Gasteiger partial charge in [-0.1, -0.05) is 6.07 Å². The van der Waals surface area contributed by atoms with E-state index in [2.05, 4.69) is 45.7 Å². The Labute approximate surface area is 161 Å². The van der Waals surface area contributed by atoms with Gasteiger partial charge >= 0.3 is 0 Å². The molecule has 0 bridgehead atoms. The van der Waals surface area contributed by atoms with E-state index in [9.17, 15) is 0 Å². The number of nitrogens with one attached hydrogen (secondary N) is 3. The van der Waals surface area contributed by atoms with Crippen LogP contribution in [0.1, 0.15) is 38.2 Å². The molecule has 0 atom stereocenters. The third kappa shape index (κ3) is 4.63. The molecule has 6 nitrogen and oxygen atoms in total. The monoisotopic (exact) mass is 366 g/mol. The molecule has 1 aliphatic rings. The fourth-order valence-corrected chi connectivity index (χ4v) is 3.70. The van der Waals surface area contributed by atoms with Gasteiger partial charge in [-0.2, -0.15) is 0 Å². The molecule has 2 aromatic rings. The maximum atomic E-state index is 7.71. The summed E-state index contributed by atoms with van der Waals surface area (Å²) >= 11 is 0. The molecular weight excluding hydrogens is 336 g/mol. The first-order valence-corrected chi connectivity index (χ1v) is 9.74. The molecule has 0 aliphatic heterocycles. The molecule has 0 spiro atoms. The van der Waals surface area contributed by atoms with E-state index in [1.165, 1.54) is 19.1 Å². The summed E-state index contributed by atoms with van der Waals surface area (Å²) in [6, 6.07) is 7.22. The highest BCUT2D eigenvalue weighted by Gasteiger charge is 2.23. The fourth-order valence-electron chi connectivity index (χ4n) is 3.70. The van der Waals surface area contributed by atoms with Gasteiger partial charge in [0.05, 0.1) is 5.52 Å². The van der Waals surface area contributed by atoms with Crippen LogP contribution in [0, 0.1) is 5.41 Å². The van der Waals surface area contributed by atoms with Gasteiger partial charge in [-0.3, -0.25) is 0 Å². The van der Waals surface area contributed by atoms with Crippen LogP contribution in [0.2, 0.25) is 0 Å². The number of nitrogens with zero attached hydrogens (tertiary/aromatic N) is 3. The minimum Gasteiger partial charge on any atom is -0.391 e. The summed E-state index contributed by atoms with van der Waals surface area (Å²) in [7, 11) is 4.33. The lowest BCUT2D eigenvalue weighted by Gasteiger charge is -2.33. The molecule has 0 saturated heterocycles. The number of rotatable bonds is 7. The number of hydrogen-bond donors (Lipinski definition) is 3. The van der Waals surface area contributed by atoms with Gasteiger partial charge in [-0.15, -0.1) is 0 Å². The van der Waals surface area contributed by atoms with Crippen molar-refractivity contribution in [1.82, 2.24) is 20.2 Å². The predicted octanol–water partition coefficient (Wildman–Crippen LogP) is 3.51. The normalized spacial score (nSPS) is 20.7. The van der Waals surface area contributed by atoms with Crippen LogP contribution in [0.4, 0.5) is 5.82 Å².